The maximum absolute atomic E-state index is 13.2. The lowest BCUT2D eigenvalue weighted by molar-refractivity contribution is -0.143. The van der Waals surface area contributed by atoms with Crippen LogP contribution < -0.4 is 5.32 Å². The molecule has 5 nitrogen and oxygen atoms in total. The highest BCUT2D eigenvalue weighted by Crippen LogP contribution is 2.36. The van der Waals surface area contributed by atoms with Gasteiger partial charge in [0.05, 0.1) is 17.2 Å². The van der Waals surface area contributed by atoms with E-state index in [0.717, 1.165) is 16.5 Å². The van der Waals surface area contributed by atoms with Crippen LogP contribution in [0.4, 0.5) is 26.3 Å². The van der Waals surface area contributed by atoms with Crippen molar-refractivity contribution >= 4 is 35.0 Å². The van der Waals surface area contributed by atoms with Crippen LogP contribution in [0, 0.1) is 0 Å². The average Bonchev–Trinajstić information content (AvgIpc) is 3.22. The van der Waals surface area contributed by atoms with Gasteiger partial charge >= 0.3 is 12.4 Å². The Labute approximate surface area is 222 Å². The monoisotopic (exact) mass is 563 g/mol. The quantitative estimate of drug-likeness (QED) is 0.306. The number of hydrogen-bond donors (Lipinski definition) is 2. The molecule has 1 atom stereocenters. The summed E-state index contributed by atoms with van der Waals surface area (Å²) in [6.07, 6.45) is -8.69. The van der Waals surface area contributed by atoms with Crippen molar-refractivity contribution in [2.24, 2.45) is 0 Å². The first-order chi connectivity index (χ1) is 17.2. The lowest BCUT2D eigenvalue weighted by Gasteiger charge is -2.19. The number of Topliss-reactive ketones (excluding diaryl/α,β-unsaturated/α-hetero) is 1. The van der Waals surface area contributed by atoms with Crippen LogP contribution in [0.25, 0.3) is 10.9 Å². The molecule has 0 fully saturated rings. The van der Waals surface area contributed by atoms with Gasteiger partial charge < -0.3 is 15.2 Å². The molecular formula is C26H28ClF6N3O2. The predicted molar refractivity (Wildman–Crippen MR) is 134 cm³/mol. The Bertz CT molecular complexity index is 1220. The summed E-state index contributed by atoms with van der Waals surface area (Å²) in [5.41, 5.74) is -1.55. The molecule has 38 heavy (non-hydrogen) atoms. The Hall–Kier alpha value is -3.05. The predicted octanol–water partition coefficient (Wildman–Crippen LogP) is 5.81. The SMILES string of the molecule is CN(C)CCC(=O)NC(Cc1c[nH]c2ccccc12)C(=O)CCc1cc(C(F)(F)F)cc(C(F)(F)F)c1.Cl. The number of H-pyrrole nitrogens is 1. The number of halogens is 7. The van der Waals surface area contributed by atoms with Crippen molar-refractivity contribution in [1.29, 1.82) is 0 Å². The van der Waals surface area contributed by atoms with Gasteiger partial charge in [0, 0.05) is 42.9 Å². The first kappa shape index (κ1) is 31.2. The van der Waals surface area contributed by atoms with Crippen molar-refractivity contribution in [3.63, 3.8) is 0 Å². The normalized spacial score (nSPS) is 12.9. The first-order valence-electron chi connectivity index (χ1n) is 11.5. The summed E-state index contributed by atoms with van der Waals surface area (Å²) in [7, 11) is 3.57. The van der Waals surface area contributed by atoms with E-state index in [2.05, 4.69) is 10.3 Å². The molecule has 0 radical (unpaired) electrons. The Morgan fingerprint density at radius 2 is 1.55 bits per heavy atom. The molecular weight excluding hydrogens is 536 g/mol. The highest BCUT2D eigenvalue weighted by molar-refractivity contribution is 5.91. The van der Waals surface area contributed by atoms with Crippen LogP contribution in [0.1, 0.15) is 35.1 Å². The van der Waals surface area contributed by atoms with Crippen LogP contribution in [-0.4, -0.2) is 48.3 Å². The molecule has 3 rings (SSSR count). The Morgan fingerprint density at radius 1 is 0.947 bits per heavy atom. The minimum absolute atomic E-state index is 0. The number of carbonyl (C=O) groups is 2. The zero-order valence-electron chi connectivity index (χ0n) is 20.7. The van der Waals surface area contributed by atoms with Gasteiger partial charge in [0.15, 0.2) is 5.78 Å². The lowest BCUT2D eigenvalue weighted by atomic mass is 9.95. The molecule has 0 aliphatic heterocycles. The molecule has 208 valence electrons. The molecule has 1 aromatic heterocycles. The second-order valence-electron chi connectivity index (χ2n) is 9.12. The molecule has 0 bridgehead atoms. The van der Waals surface area contributed by atoms with Crippen molar-refractivity contribution in [1.82, 2.24) is 15.2 Å². The highest BCUT2D eigenvalue weighted by atomic mass is 35.5. The topological polar surface area (TPSA) is 65.2 Å². The second-order valence-corrected chi connectivity index (χ2v) is 9.12. The summed E-state index contributed by atoms with van der Waals surface area (Å²) in [6.45, 7) is 0.435. The van der Waals surface area contributed by atoms with Crippen LogP contribution in [0.2, 0.25) is 0 Å². The molecule has 12 heteroatoms. The first-order valence-corrected chi connectivity index (χ1v) is 11.5. The minimum atomic E-state index is -4.97. The number of ketones is 1. The third-order valence-electron chi connectivity index (χ3n) is 5.92. The van der Waals surface area contributed by atoms with Crippen LogP contribution in [0.15, 0.2) is 48.7 Å². The summed E-state index contributed by atoms with van der Waals surface area (Å²) in [5.74, 6) is -0.875. The number of carbonyl (C=O) groups excluding carboxylic acids is 2. The van der Waals surface area contributed by atoms with Crippen LogP contribution in [-0.2, 0) is 34.8 Å². The number of rotatable bonds is 10. The number of aryl methyl sites for hydroxylation is 1. The number of alkyl halides is 6. The smallest absolute Gasteiger partial charge is 0.361 e. The van der Waals surface area contributed by atoms with Gasteiger partial charge in [-0.1, -0.05) is 18.2 Å². The number of benzene rings is 2. The fourth-order valence-corrected chi connectivity index (χ4v) is 3.96. The van der Waals surface area contributed by atoms with Crippen LogP contribution in [0.3, 0.4) is 0 Å². The molecule has 2 N–H and O–H groups in total. The van der Waals surface area contributed by atoms with E-state index < -0.39 is 35.3 Å². The van der Waals surface area contributed by atoms with Gasteiger partial charge in [0.25, 0.3) is 0 Å². The number of aromatic nitrogens is 1. The van der Waals surface area contributed by atoms with Gasteiger partial charge in [-0.15, -0.1) is 12.4 Å². The molecule has 0 aliphatic rings. The van der Waals surface area contributed by atoms with Gasteiger partial charge in [-0.2, -0.15) is 26.3 Å². The number of fused-ring (bicyclic) bond motifs is 1. The van der Waals surface area contributed by atoms with Crippen molar-refractivity contribution in [2.75, 3.05) is 20.6 Å². The van der Waals surface area contributed by atoms with Gasteiger partial charge in [-0.05, 0) is 55.9 Å². The van der Waals surface area contributed by atoms with E-state index in [0.29, 0.717) is 18.7 Å². The lowest BCUT2D eigenvalue weighted by Crippen LogP contribution is -2.43. The molecule has 2 aromatic carbocycles. The number of nitrogens with zero attached hydrogens (tertiary/aromatic N) is 1. The second kappa shape index (κ2) is 12.7. The van der Waals surface area contributed by atoms with Gasteiger partial charge in [0.1, 0.15) is 0 Å². The summed E-state index contributed by atoms with van der Waals surface area (Å²) in [6, 6.07) is 7.63. The summed E-state index contributed by atoms with van der Waals surface area (Å²) < 4.78 is 79.1. The zero-order valence-corrected chi connectivity index (χ0v) is 21.5. The van der Waals surface area contributed by atoms with Crippen molar-refractivity contribution in [3.05, 3.63) is 70.9 Å². The van der Waals surface area contributed by atoms with E-state index in [1.54, 1.807) is 25.2 Å². The van der Waals surface area contributed by atoms with Gasteiger partial charge in [0.2, 0.25) is 5.91 Å². The van der Waals surface area contributed by atoms with Crippen molar-refractivity contribution in [3.8, 4) is 0 Å². The molecule has 1 heterocycles. The zero-order chi connectivity index (χ0) is 27.4. The number of para-hydroxylation sites is 1. The van der Waals surface area contributed by atoms with Gasteiger partial charge in [-0.3, -0.25) is 9.59 Å². The van der Waals surface area contributed by atoms with Crippen molar-refractivity contribution < 1.29 is 35.9 Å². The molecule has 1 amide bonds. The fourth-order valence-electron chi connectivity index (χ4n) is 3.96. The minimum Gasteiger partial charge on any atom is -0.361 e. The third kappa shape index (κ3) is 8.49. The van der Waals surface area contributed by atoms with Crippen LogP contribution >= 0.6 is 12.4 Å². The molecule has 0 saturated carbocycles. The molecule has 0 aliphatic carbocycles. The van der Waals surface area contributed by atoms with E-state index in [-0.39, 0.29) is 55.6 Å². The standard InChI is InChI=1S/C26H27F6N3O2.ClH/c1-35(2)10-9-24(37)34-22(13-17-15-33-21-6-4-3-5-20(17)21)23(36)8-7-16-11-18(25(27,28)29)14-19(12-16)26(30,31)32;/h3-6,11-12,14-15,22,33H,7-10,13H2,1-2H3,(H,34,37);1H. The Morgan fingerprint density at radius 3 is 2.13 bits per heavy atom. The molecule has 0 saturated heterocycles. The van der Waals surface area contributed by atoms with E-state index in [1.165, 1.54) is 0 Å². The van der Waals surface area contributed by atoms with E-state index in [4.69, 9.17) is 0 Å². The number of nitrogens with one attached hydrogen (secondary N) is 2. The van der Waals surface area contributed by atoms with Crippen molar-refractivity contribution in [2.45, 2.75) is 44.1 Å². The number of aromatic amines is 1. The molecule has 1 unspecified atom stereocenters. The molecule has 0 spiro atoms. The third-order valence-corrected chi connectivity index (χ3v) is 5.92. The number of hydrogen-bond acceptors (Lipinski definition) is 3. The summed E-state index contributed by atoms with van der Waals surface area (Å²) in [4.78, 5) is 30.5. The van der Waals surface area contributed by atoms with E-state index >= 15 is 0 Å². The Balaban J connectivity index is 0.00000507. The highest BCUT2D eigenvalue weighted by Gasteiger charge is 2.37. The molecule has 3 aromatic rings. The summed E-state index contributed by atoms with van der Waals surface area (Å²) in [5, 5.41) is 3.54. The van der Waals surface area contributed by atoms with Gasteiger partial charge in [-0.25, -0.2) is 0 Å². The van der Waals surface area contributed by atoms with E-state index in [9.17, 15) is 35.9 Å². The maximum Gasteiger partial charge on any atom is 0.416 e. The maximum atomic E-state index is 13.2. The number of amides is 1. The van der Waals surface area contributed by atoms with E-state index in [1.807, 2.05) is 24.3 Å². The largest absolute Gasteiger partial charge is 0.416 e. The Kier molecular flexibility index (Phi) is 10.4. The average molecular weight is 564 g/mol. The fraction of sp³-hybridized carbons (Fsp3) is 0.385. The summed E-state index contributed by atoms with van der Waals surface area (Å²) >= 11 is 0. The van der Waals surface area contributed by atoms with Crippen LogP contribution in [0.5, 0.6) is 0 Å².